The number of carbonyl (C=O) groups is 1. The second kappa shape index (κ2) is 12.8. The van der Waals surface area contributed by atoms with E-state index in [0.717, 1.165) is 17.0 Å². The highest BCUT2D eigenvalue weighted by Gasteiger charge is 2.48. The van der Waals surface area contributed by atoms with Crippen molar-refractivity contribution < 1.29 is 39.5 Å². The van der Waals surface area contributed by atoms with Crippen LogP contribution in [0.15, 0.2) is 63.2 Å². The van der Waals surface area contributed by atoms with Crippen molar-refractivity contribution in [3.8, 4) is 0 Å². The molecule has 16 heteroatoms. The number of primary amides is 1. The molecule has 1 heterocycles. The SMILES string of the molecule is NC(=O)OC1CCN(CCC(CSc2ccccc2)Nc2ccc(S(N)(=O)=O)cc2S(=O)(=O)C(F)(F)F)CC1. The number of nitrogens with two attached hydrogens (primary N) is 2. The molecule has 1 aliphatic rings. The van der Waals surface area contributed by atoms with Crippen LogP contribution in [0, 0.1) is 0 Å². The van der Waals surface area contributed by atoms with Crippen LogP contribution in [0.1, 0.15) is 19.3 Å². The topological polar surface area (TPSA) is 162 Å². The molecule has 1 amide bonds. The summed E-state index contributed by atoms with van der Waals surface area (Å²) in [6.45, 7) is 1.73. The van der Waals surface area contributed by atoms with Crippen LogP contribution in [0.4, 0.5) is 23.7 Å². The smallest absolute Gasteiger partial charge is 0.446 e. The van der Waals surface area contributed by atoms with E-state index < -0.39 is 47.3 Å². The summed E-state index contributed by atoms with van der Waals surface area (Å²) in [6, 6.07) is 11.1. The Bertz CT molecular complexity index is 1350. The summed E-state index contributed by atoms with van der Waals surface area (Å²) in [5.74, 6) is 0.369. The Balaban J connectivity index is 1.84. The molecule has 0 aliphatic carbocycles. The number of thioether (sulfide) groups is 1. The number of primary sulfonamides is 1. The molecule has 0 radical (unpaired) electrons. The highest BCUT2D eigenvalue weighted by molar-refractivity contribution is 7.99. The molecule has 1 atom stereocenters. The number of alkyl halides is 3. The fraction of sp³-hybridized carbons (Fsp3) is 0.435. The van der Waals surface area contributed by atoms with Gasteiger partial charge < -0.3 is 20.7 Å². The van der Waals surface area contributed by atoms with Crippen molar-refractivity contribution in [1.82, 2.24) is 4.90 Å². The summed E-state index contributed by atoms with van der Waals surface area (Å²) in [4.78, 5) is 12.0. The molecule has 2 aromatic carbocycles. The molecule has 1 fully saturated rings. The van der Waals surface area contributed by atoms with E-state index in [9.17, 15) is 34.8 Å². The van der Waals surface area contributed by atoms with Gasteiger partial charge in [-0.2, -0.15) is 13.2 Å². The molecule has 0 bridgehead atoms. The third-order valence-electron chi connectivity index (χ3n) is 6.04. The second-order valence-corrected chi connectivity index (χ2v) is 13.4. The number of amides is 1. The van der Waals surface area contributed by atoms with Gasteiger partial charge in [0.2, 0.25) is 10.0 Å². The number of benzene rings is 2. The minimum atomic E-state index is -5.91. The maximum Gasteiger partial charge on any atom is 0.501 e. The van der Waals surface area contributed by atoms with E-state index >= 15 is 0 Å². The molecular formula is C23H29F3N4O6S3. The average molecular weight is 611 g/mol. The zero-order valence-electron chi connectivity index (χ0n) is 20.6. The summed E-state index contributed by atoms with van der Waals surface area (Å²) < 4.78 is 93.7. The van der Waals surface area contributed by atoms with Gasteiger partial charge in [-0.3, -0.25) is 0 Å². The standard InChI is InChI=1S/C23H29F3N4O6S3/c24-23(25,26)38(32,33)21-14-19(39(28,34)35)6-7-20(21)29-16(15-37-18-4-2-1-3-5-18)8-11-30-12-9-17(10-13-30)36-22(27)31/h1-7,14,16-17,29H,8-13,15H2,(H2,27,31)(H2,28,34,35). The minimum Gasteiger partial charge on any atom is -0.446 e. The Morgan fingerprint density at radius 3 is 2.31 bits per heavy atom. The van der Waals surface area contributed by atoms with Crippen LogP contribution >= 0.6 is 11.8 Å². The van der Waals surface area contributed by atoms with Gasteiger partial charge in [-0.15, -0.1) is 11.8 Å². The molecule has 0 spiro atoms. The number of hydrogen-bond donors (Lipinski definition) is 3. The lowest BCUT2D eigenvalue weighted by Gasteiger charge is -2.32. The van der Waals surface area contributed by atoms with Gasteiger partial charge in [-0.25, -0.2) is 26.8 Å². The highest BCUT2D eigenvalue weighted by Crippen LogP contribution is 2.36. The molecule has 1 aliphatic heterocycles. The Kier molecular flexibility index (Phi) is 10.1. The number of nitrogens with one attached hydrogen (secondary N) is 1. The highest BCUT2D eigenvalue weighted by atomic mass is 32.2. The number of sulfonamides is 1. The second-order valence-electron chi connectivity index (χ2n) is 8.88. The first-order valence-corrected chi connectivity index (χ1v) is 15.8. The van der Waals surface area contributed by atoms with Gasteiger partial charge in [0.1, 0.15) is 11.0 Å². The Labute approximate surface area is 229 Å². The van der Waals surface area contributed by atoms with Crippen LogP contribution in [0.25, 0.3) is 0 Å². The van der Waals surface area contributed by atoms with Crippen molar-refractivity contribution in [2.45, 2.75) is 51.6 Å². The number of carbonyl (C=O) groups excluding carboxylic acids is 1. The van der Waals surface area contributed by atoms with Crippen LogP contribution in [0.2, 0.25) is 0 Å². The molecule has 1 unspecified atom stereocenters. The molecular weight excluding hydrogens is 581 g/mol. The van der Waals surface area contributed by atoms with Crippen molar-refractivity contribution in [3.05, 3.63) is 48.5 Å². The average Bonchev–Trinajstić information content (AvgIpc) is 2.85. The van der Waals surface area contributed by atoms with E-state index in [4.69, 9.17) is 15.6 Å². The molecule has 1 saturated heterocycles. The fourth-order valence-corrected chi connectivity index (χ4v) is 6.59. The monoisotopic (exact) mass is 610 g/mol. The molecule has 5 N–H and O–H groups in total. The van der Waals surface area contributed by atoms with Crippen LogP contribution in [0.5, 0.6) is 0 Å². The number of piperidine rings is 1. The Hall–Kier alpha value is -2.53. The maximum absolute atomic E-state index is 13.5. The van der Waals surface area contributed by atoms with Crippen molar-refractivity contribution >= 4 is 43.4 Å². The molecule has 0 saturated carbocycles. The van der Waals surface area contributed by atoms with E-state index in [1.54, 1.807) is 0 Å². The summed E-state index contributed by atoms with van der Waals surface area (Å²) in [6.07, 6.45) is 0.442. The van der Waals surface area contributed by atoms with Crippen molar-refractivity contribution in [1.29, 1.82) is 0 Å². The van der Waals surface area contributed by atoms with Gasteiger partial charge in [0.25, 0.3) is 9.84 Å². The molecule has 39 heavy (non-hydrogen) atoms. The number of sulfone groups is 1. The first-order valence-electron chi connectivity index (χ1n) is 11.8. The zero-order chi connectivity index (χ0) is 28.8. The van der Waals surface area contributed by atoms with Gasteiger partial charge in [0.15, 0.2) is 0 Å². The third-order valence-corrected chi connectivity index (χ3v) is 9.65. The molecule has 3 rings (SSSR count). The minimum absolute atomic E-state index is 0.284. The van der Waals surface area contributed by atoms with Crippen LogP contribution in [0.3, 0.4) is 0 Å². The molecule has 10 nitrogen and oxygen atoms in total. The number of ether oxygens (including phenoxy) is 1. The van der Waals surface area contributed by atoms with Crippen LogP contribution < -0.4 is 16.2 Å². The predicted molar refractivity (Wildman–Crippen MR) is 140 cm³/mol. The summed E-state index contributed by atoms with van der Waals surface area (Å²) in [7, 11) is -10.4. The Morgan fingerprint density at radius 1 is 1.10 bits per heavy atom. The Morgan fingerprint density at radius 2 is 1.74 bits per heavy atom. The third kappa shape index (κ3) is 8.73. The van der Waals surface area contributed by atoms with Crippen molar-refractivity contribution in [2.75, 3.05) is 30.7 Å². The number of hydrogen-bond acceptors (Lipinski definition) is 9. The summed E-state index contributed by atoms with van der Waals surface area (Å²) >= 11 is 1.43. The van der Waals surface area contributed by atoms with Gasteiger partial charge in [-0.1, -0.05) is 18.2 Å². The molecule has 2 aromatic rings. The number of nitrogens with zero attached hydrogens (tertiary/aromatic N) is 1. The lowest BCUT2D eigenvalue weighted by Crippen LogP contribution is -2.40. The van der Waals surface area contributed by atoms with Gasteiger partial charge in [0.05, 0.1) is 10.6 Å². The van der Waals surface area contributed by atoms with Crippen molar-refractivity contribution in [2.24, 2.45) is 10.9 Å². The van der Waals surface area contributed by atoms with E-state index in [1.807, 2.05) is 30.3 Å². The number of likely N-dealkylation sites (tertiary alicyclic amines) is 1. The van der Waals surface area contributed by atoms with E-state index in [0.29, 0.717) is 50.7 Å². The van der Waals surface area contributed by atoms with Gasteiger partial charge in [0, 0.05) is 36.3 Å². The normalized spacial score (nSPS) is 16.5. The van der Waals surface area contributed by atoms with Crippen molar-refractivity contribution in [3.63, 3.8) is 0 Å². The van der Waals surface area contributed by atoms with Crippen LogP contribution in [-0.4, -0.2) is 70.9 Å². The molecule has 216 valence electrons. The zero-order valence-corrected chi connectivity index (χ0v) is 23.1. The van der Waals surface area contributed by atoms with E-state index in [2.05, 4.69) is 10.2 Å². The summed E-state index contributed by atoms with van der Waals surface area (Å²) in [5, 5.41) is 7.94. The van der Waals surface area contributed by atoms with Gasteiger partial charge in [-0.05, 0) is 49.6 Å². The van der Waals surface area contributed by atoms with E-state index in [1.165, 1.54) is 11.8 Å². The number of anilines is 1. The fourth-order valence-electron chi connectivity index (χ4n) is 4.03. The summed E-state index contributed by atoms with van der Waals surface area (Å²) in [5.41, 5.74) is -0.968. The first kappa shape index (κ1) is 31.0. The predicted octanol–water partition coefficient (Wildman–Crippen LogP) is 3.15. The number of halogens is 3. The van der Waals surface area contributed by atoms with Gasteiger partial charge >= 0.3 is 11.6 Å². The van der Waals surface area contributed by atoms with E-state index in [-0.39, 0.29) is 11.8 Å². The van der Waals surface area contributed by atoms with Crippen LogP contribution in [-0.2, 0) is 24.6 Å². The number of rotatable bonds is 11. The molecule has 0 aromatic heterocycles. The first-order chi connectivity index (χ1) is 18.2. The maximum atomic E-state index is 13.5. The lowest BCUT2D eigenvalue weighted by atomic mass is 10.1. The lowest BCUT2D eigenvalue weighted by molar-refractivity contribution is -0.0435. The largest absolute Gasteiger partial charge is 0.501 e. The quantitative estimate of drug-likeness (QED) is 0.325.